The zero-order chi connectivity index (χ0) is 23.5. The van der Waals surface area contributed by atoms with Crippen molar-refractivity contribution in [2.45, 2.75) is 6.92 Å². The first-order chi connectivity index (χ1) is 15.9. The Kier molecular flexibility index (Phi) is 6.76. The monoisotopic (exact) mass is 469 g/mol. The second kappa shape index (κ2) is 9.72. The third-order valence-corrected chi connectivity index (χ3v) is 6.21. The zero-order valence-corrected chi connectivity index (χ0v) is 19.8. The number of aromatic nitrogens is 2. The molecule has 4 rings (SSSR count). The smallest absolute Gasteiger partial charge is 0.295 e. The molecule has 0 atom stereocenters. The van der Waals surface area contributed by atoms with E-state index in [1.807, 2.05) is 49.2 Å². The fraction of sp³-hybridized carbons (Fsp3) is 0.333. The summed E-state index contributed by atoms with van der Waals surface area (Å²) in [5.74, 6) is 0.698. The Morgan fingerprint density at radius 1 is 1.21 bits per heavy atom. The number of methoxy groups -OCH3 is 1. The van der Waals surface area contributed by atoms with Crippen LogP contribution in [0, 0.1) is 0 Å². The summed E-state index contributed by atoms with van der Waals surface area (Å²) in [6, 6.07) is 13.0. The van der Waals surface area contributed by atoms with Crippen LogP contribution in [0.3, 0.4) is 0 Å². The van der Waals surface area contributed by atoms with Crippen molar-refractivity contribution in [3.05, 3.63) is 57.8 Å². The maximum absolute atomic E-state index is 13.6. The molecule has 0 spiro atoms. The second-order valence-corrected chi connectivity index (χ2v) is 8.19. The lowest BCUT2D eigenvalue weighted by molar-refractivity contribution is 0.122. The molecule has 1 aliphatic heterocycles. The van der Waals surface area contributed by atoms with E-state index < -0.39 is 0 Å². The Bertz CT molecular complexity index is 1210. The van der Waals surface area contributed by atoms with Gasteiger partial charge in [-0.15, -0.1) is 0 Å². The van der Waals surface area contributed by atoms with Crippen LogP contribution in [0.1, 0.15) is 6.92 Å². The molecule has 0 radical (unpaired) electrons. The van der Waals surface area contributed by atoms with E-state index in [0.717, 1.165) is 11.3 Å². The molecule has 174 valence electrons. The summed E-state index contributed by atoms with van der Waals surface area (Å²) < 4.78 is 12.2. The number of halogens is 1. The average molecular weight is 470 g/mol. The first-order valence-corrected chi connectivity index (χ1v) is 11.2. The van der Waals surface area contributed by atoms with Crippen LogP contribution in [0.4, 0.5) is 17.1 Å². The second-order valence-electron chi connectivity index (χ2n) is 7.81. The molecule has 1 saturated heterocycles. The van der Waals surface area contributed by atoms with Gasteiger partial charge in [0.1, 0.15) is 17.1 Å². The van der Waals surface area contributed by atoms with Gasteiger partial charge in [-0.2, -0.15) is 9.78 Å². The van der Waals surface area contributed by atoms with E-state index in [1.165, 1.54) is 4.68 Å². The molecule has 33 heavy (non-hydrogen) atoms. The van der Waals surface area contributed by atoms with Crippen molar-refractivity contribution in [3.63, 3.8) is 0 Å². The van der Waals surface area contributed by atoms with Crippen molar-refractivity contribution in [1.29, 1.82) is 0 Å². The number of rotatable bonds is 6. The number of ether oxygens (including phenoxy) is 2. The minimum Gasteiger partial charge on any atom is -0.497 e. The van der Waals surface area contributed by atoms with E-state index in [4.69, 9.17) is 26.8 Å². The summed E-state index contributed by atoms with van der Waals surface area (Å²) in [7, 11) is 3.48. The summed E-state index contributed by atoms with van der Waals surface area (Å²) in [6.45, 7) is 5.28. The molecule has 9 heteroatoms. The van der Waals surface area contributed by atoms with Crippen molar-refractivity contribution in [1.82, 2.24) is 9.78 Å². The van der Waals surface area contributed by atoms with E-state index in [1.54, 1.807) is 19.2 Å². The maximum atomic E-state index is 13.6. The Labute approximate surface area is 198 Å². The molecular weight excluding hydrogens is 442 g/mol. The highest BCUT2D eigenvalue weighted by atomic mass is 35.5. The van der Waals surface area contributed by atoms with Crippen LogP contribution in [-0.2, 0) is 4.74 Å². The average Bonchev–Trinajstić information content (AvgIpc) is 2.85. The van der Waals surface area contributed by atoms with Gasteiger partial charge < -0.3 is 25.0 Å². The summed E-state index contributed by atoms with van der Waals surface area (Å²) >= 11 is 6.87. The predicted molar refractivity (Wildman–Crippen MR) is 133 cm³/mol. The van der Waals surface area contributed by atoms with Crippen molar-refractivity contribution in [2.24, 2.45) is 0 Å². The largest absolute Gasteiger partial charge is 0.497 e. The van der Waals surface area contributed by atoms with Gasteiger partial charge >= 0.3 is 0 Å². The minimum atomic E-state index is -0.293. The van der Waals surface area contributed by atoms with Gasteiger partial charge in [0.25, 0.3) is 5.56 Å². The number of morpholine rings is 1. The molecule has 0 aliphatic carbocycles. The lowest BCUT2D eigenvalue weighted by Crippen LogP contribution is -2.36. The van der Waals surface area contributed by atoms with Crippen LogP contribution >= 0.6 is 11.6 Å². The van der Waals surface area contributed by atoms with Crippen LogP contribution in [0.25, 0.3) is 16.9 Å². The molecule has 2 N–H and O–H groups in total. The standard InChI is InChI=1S/C24H28ClN5O3/c1-4-28(2)21-15-19(16-6-5-7-17(14-16)32-3)27-30(24(21)31)23-18(26)8-9-20(22(23)25)29-10-12-33-13-11-29/h5-9,14-15H,4,10-13,26H2,1-3H3. The highest BCUT2D eigenvalue weighted by Gasteiger charge is 2.22. The van der Waals surface area contributed by atoms with Crippen molar-refractivity contribution in [3.8, 4) is 22.7 Å². The van der Waals surface area contributed by atoms with Gasteiger partial charge in [-0.3, -0.25) is 4.79 Å². The molecule has 0 amide bonds. The lowest BCUT2D eigenvalue weighted by atomic mass is 10.1. The van der Waals surface area contributed by atoms with Gasteiger partial charge in [0.05, 0.1) is 42.4 Å². The first kappa shape index (κ1) is 22.9. The molecule has 0 bridgehead atoms. The van der Waals surface area contributed by atoms with Crippen molar-refractivity contribution in [2.75, 3.05) is 62.5 Å². The number of hydrogen-bond donors (Lipinski definition) is 1. The number of anilines is 3. The van der Waals surface area contributed by atoms with E-state index >= 15 is 0 Å². The number of benzene rings is 2. The van der Waals surface area contributed by atoms with Crippen LogP contribution < -0.4 is 25.8 Å². The molecular formula is C24H28ClN5O3. The maximum Gasteiger partial charge on any atom is 0.295 e. The van der Waals surface area contributed by atoms with Gasteiger partial charge in [-0.1, -0.05) is 23.7 Å². The molecule has 3 aromatic rings. The number of hydrogen-bond acceptors (Lipinski definition) is 7. The van der Waals surface area contributed by atoms with Crippen molar-refractivity contribution >= 4 is 28.7 Å². The topological polar surface area (TPSA) is 85.8 Å². The van der Waals surface area contributed by atoms with Gasteiger partial charge in [0, 0.05) is 32.2 Å². The zero-order valence-electron chi connectivity index (χ0n) is 19.0. The van der Waals surface area contributed by atoms with Gasteiger partial charge in [-0.25, -0.2) is 0 Å². The number of nitrogen functional groups attached to an aromatic ring is 1. The molecule has 1 aliphatic rings. The fourth-order valence-electron chi connectivity index (χ4n) is 3.83. The quantitative estimate of drug-likeness (QED) is 0.553. The van der Waals surface area contributed by atoms with Crippen molar-refractivity contribution < 1.29 is 9.47 Å². The predicted octanol–water partition coefficient (Wildman–Crippen LogP) is 3.44. The van der Waals surface area contributed by atoms with E-state index in [9.17, 15) is 4.79 Å². The first-order valence-electron chi connectivity index (χ1n) is 10.9. The molecule has 1 aromatic heterocycles. The van der Waals surface area contributed by atoms with Gasteiger partial charge in [0.2, 0.25) is 0 Å². The molecule has 0 saturated carbocycles. The highest BCUT2D eigenvalue weighted by Crippen LogP contribution is 2.36. The summed E-state index contributed by atoms with van der Waals surface area (Å²) in [5, 5.41) is 5.08. The van der Waals surface area contributed by atoms with Gasteiger partial charge in [0.15, 0.2) is 0 Å². The van der Waals surface area contributed by atoms with E-state index in [0.29, 0.717) is 66.4 Å². The number of nitrogens with two attached hydrogens (primary N) is 1. The summed E-state index contributed by atoms with van der Waals surface area (Å²) in [6.07, 6.45) is 0. The minimum absolute atomic E-state index is 0.293. The van der Waals surface area contributed by atoms with Crippen LogP contribution in [0.2, 0.25) is 5.02 Å². The third kappa shape index (κ3) is 4.49. The molecule has 8 nitrogen and oxygen atoms in total. The fourth-order valence-corrected chi connectivity index (χ4v) is 4.20. The normalized spacial score (nSPS) is 13.8. The highest BCUT2D eigenvalue weighted by molar-refractivity contribution is 6.35. The SMILES string of the molecule is CCN(C)c1cc(-c2cccc(OC)c2)nn(-c2c(N)ccc(N3CCOCC3)c2Cl)c1=O. The molecule has 2 heterocycles. The molecule has 1 fully saturated rings. The molecule has 2 aromatic carbocycles. The Morgan fingerprint density at radius 3 is 2.67 bits per heavy atom. The lowest BCUT2D eigenvalue weighted by Gasteiger charge is -2.30. The number of nitrogens with zero attached hydrogens (tertiary/aromatic N) is 4. The van der Waals surface area contributed by atoms with E-state index in [2.05, 4.69) is 10.00 Å². The van der Waals surface area contributed by atoms with Crippen LogP contribution in [0.15, 0.2) is 47.3 Å². The third-order valence-electron chi connectivity index (χ3n) is 5.83. The Hall–Kier alpha value is -3.23. The summed E-state index contributed by atoms with van der Waals surface area (Å²) in [4.78, 5) is 17.6. The van der Waals surface area contributed by atoms with Crippen LogP contribution in [-0.4, -0.2) is 56.8 Å². The van der Waals surface area contributed by atoms with Crippen LogP contribution in [0.5, 0.6) is 5.75 Å². The summed E-state index contributed by atoms with van der Waals surface area (Å²) in [5.41, 5.74) is 9.53. The Balaban J connectivity index is 1.94. The van der Waals surface area contributed by atoms with E-state index in [-0.39, 0.29) is 5.56 Å². The molecule has 0 unspecified atom stereocenters. The van der Waals surface area contributed by atoms with Gasteiger partial charge in [-0.05, 0) is 37.3 Å². The Morgan fingerprint density at radius 2 is 1.97 bits per heavy atom.